The number of sulfonamides is 1. The van der Waals surface area contributed by atoms with Crippen LogP contribution in [0.2, 0.25) is 0 Å². The van der Waals surface area contributed by atoms with E-state index in [1.165, 1.54) is 14.0 Å². The quantitative estimate of drug-likeness (QED) is 0.765. The molecule has 0 aliphatic rings. The van der Waals surface area contributed by atoms with Crippen molar-refractivity contribution < 1.29 is 22.0 Å². The van der Waals surface area contributed by atoms with Gasteiger partial charge in [-0.25, -0.2) is 17.2 Å². The number of carbonyl (C=O) groups excluding carboxylic acids is 1. The largest absolute Gasteiger partial charge is 0.394 e. The van der Waals surface area contributed by atoms with E-state index in [1.54, 1.807) is 0 Å². The van der Waals surface area contributed by atoms with E-state index in [1.807, 2.05) is 0 Å². The Balaban J connectivity index is 3.28. The lowest BCUT2D eigenvalue weighted by Gasteiger charge is -2.20. The van der Waals surface area contributed by atoms with Crippen LogP contribution in [-0.4, -0.2) is 38.8 Å². The molecule has 3 N–H and O–H groups in total. The highest BCUT2D eigenvalue weighted by Crippen LogP contribution is 2.25. The van der Waals surface area contributed by atoms with Crippen LogP contribution in [0.1, 0.15) is 6.92 Å². The van der Waals surface area contributed by atoms with Gasteiger partial charge in [0.25, 0.3) is 0 Å². The van der Waals surface area contributed by atoms with Crippen molar-refractivity contribution in [2.75, 3.05) is 25.9 Å². The molecule has 1 rings (SSSR count). The molecule has 0 unspecified atom stereocenters. The number of benzene rings is 1. The Bertz CT molecular complexity index is 620. The molecule has 0 saturated heterocycles. The Morgan fingerprint density at radius 3 is 2.50 bits per heavy atom. The zero-order valence-electron chi connectivity index (χ0n) is 11.0. The summed E-state index contributed by atoms with van der Waals surface area (Å²) in [4.78, 5) is 10.5. The first-order valence-corrected chi connectivity index (χ1v) is 7.13. The van der Waals surface area contributed by atoms with Gasteiger partial charge in [0.05, 0.1) is 6.54 Å². The van der Waals surface area contributed by atoms with Crippen molar-refractivity contribution in [1.82, 2.24) is 9.62 Å². The van der Waals surface area contributed by atoms with E-state index in [9.17, 15) is 22.0 Å². The topological polar surface area (TPSA) is 92.5 Å². The first-order chi connectivity index (χ1) is 9.25. The molecule has 0 saturated carbocycles. The van der Waals surface area contributed by atoms with Gasteiger partial charge in [-0.15, -0.1) is 0 Å². The van der Waals surface area contributed by atoms with E-state index in [2.05, 4.69) is 5.32 Å². The van der Waals surface area contributed by atoms with Crippen LogP contribution in [0, 0.1) is 11.6 Å². The van der Waals surface area contributed by atoms with Gasteiger partial charge in [0.1, 0.15) is 16.4 Å². The molecule has 0 aliphatic heterocycles. The van der Waals surface area contributed by atoms with E-state index in [4.69, 9.17) is 5.73 Å². The maximum absolute atomic E-state index is 13.8. The summed E-state index contributed by atoms with van der Waals surface area (Å²) in [5.41, 5.74) is 4.26. The second-order valence-electron chi connectivity index (χ2n) is 3.88. The minimum absolute atomic E-state index is 0.0491. The number of hydrogen-bond acceptors (Lipinski definition) is 4. The summed E-state index contributed by atoms with van der Waals surface area (Å²) in [5.74, 6) is -2.96. The number of anilines is 1. The summed E-state index contributed by atoms with van der Waals surface area (Å²) in [7, 11) is -2.93. The Morgan fingerprint density at radius 1 is 1.40 bits per heavy atom. The maximum atomic E-state index is 13.8. The molecule has 0 atom stereocenters. The standard InChI is InChI=1S/C11H15F2N3O3S/c1-3-16(6-9(17)15-2)20(18,19)8-5-4-7(12)11(14)10(8)13/h4-5H,3,6,14H2,1-2H3,(H,15,17). The van der Waals surface area contributed by atoms with Gasteiger partial charge in [-0.3, -0.25) is 4.79 Å². The number of nitrogen functional groups attached to an aromatic ring is 1. The molecule has 1 amide bonds. The number of nitrogens with one attached hydrogen (secondary N) is 1. The van der Waals surface area contributed by atoms with Gasteiger partial charge in [-0.05, 0) is 12.1 Å². The number of likely N-dealkylation sites (N-methyl/N-ethyl adjacent to an activating group) is 2. The van der Waals surface area contributed by atoms with Gasteiger partial charge in [0, 0.05) is 13.6 Å². The summed E-state index contributed by atoms with van der Waals surface area (Å²) in [6.45, 7) is 0.976. The van der Waals surface area contributed by atoms with Crippen LogP contribution < -0.4 is 11.1 Å². The van der Waals surface area contributed by atoms with Crippen LogP contribution >= 0.6 is 0 Å². The van der Waals surface area contributed by atoms with E-state index in [0.717, 1.165) is 16.4 Å². The van der Waals surface area contributed by atoms with Crippen LogP contribution in [0.25, 0.3) is 0 Å². The summed E-state index contributed by atoms with van der Waals surface area (Å²) >= 11 is 0. The number of halogens is 2. The van der Waals surface area contributed by atoms with Crippen molar-refractivity contribution in [3.05, 3.63) is 23.8 Å². The summed E-state index contributed by atoms with van der Waals surface area (Å²) in [6.07, 6.45) is 0. The molecule has 6 nitrogen and oxygen atoms in total. The molecule has 112 valence electrons. The number of rotatable bonds is 5. The van der Waals surface area contributed by atoms with Crippen LogP contribution in [-0.2, 0) is 14.8 Å². The van der Waals surface area contributed by atoms with Crippen LogP contribution in [0.3, 0.4) is 0 Å². The highest BCUT2D eigenvalue weighted by Gasteiger charge is 2.29. The van der Waals surface area contributed by atoms with Crippen molar-refractivity contribution in [3.63, 3.8) is 0 Å². The molecule has 0 heterocycles. The van der Waals surface area contributed by atoms with E-state index in [0.29, 0.717) is 0 Å². The molecule has 0 spiro atoms. The van der Waals surface area contributed by atoms with Crippen molar-refractivity contribution >= 4 is 21.6 Å². The number of nitrogens with two attached hydrogens (primary N) is 1. The van der Waals surface area contributed by atoms with Crippen molar-refractivity contribution in [2.45, 2.75) is 11.8 Å². The number of carbonyl (C=O) groups is 1. The molecule has 9 heteroatoms. The van der Waals surface area contributed by atoms with Gasteiger partial charge in [0.15, 0.2) is 5.82 Å². The average Bonchev–Trinajstić information content (AvgIpc) is 2.41. The van der Waals surface area contributed by atoms with Crippen molar-refractivity contribution in [2.24, 2.45) is 0 Å². The molecule has 0 radical (unpaired) electrons. The third kappa shape index (κ3) is 3.05. The molecule has 0 aromatic heterocycles. The molecule has 0 fully saturated rings. The molecule has 0 bridgehead atoms. The smallest absolute Gasteiger partial charge is 0.246 e. The van der Waals surface area contributed by atoms with Crippen LogP contribution in [0.4, 0.5) is 14.5 Å². The predicted octanol–water partition coefficient (Wildman–Crippen LogP) is 0.304. The predicted molar refractivity (Wildman–Crippen MR) is 69.3 cm³/mol. The van der Waals surface area contributed by atoms with Gasteiger partial charge < -0.3 is 11.1 Å². The summed E-state index contributed by atoms with van der Waals surface area (Å²) in [5, 5.41) is 2.26. The number of hydrogen-bond donors (Lipinski definition) is 2. The fourth-order valence-corrected chi connectivity index (χ4v) is 2.98. The first-order valence-electron chi connectivity index (χ1n) is 5.69. The van der Waals surface area contributed by atoms with Gasteiger partial charge in [0.2, 0.25) is 15.9 Å². The van der Waals surface area contributed by atoms with Gasteiger partial charge >= 0.3 is 0 Å². The first kappa shape index (κ1) is 16.3. The van der Waals surface area contributed by atoms with Gasteiger partial charge in [-0.2, -0.15) is 4.31 Å². The fourth-order valence-electron chi connectivity index (χ4n) is 1.49. The second-order valence-corrected chi connectivity index (χ2v) is 5.78. The average molecular weight is 307 g/mol. The molecule has 0 aliphatic carbocycles. The minimum Gasteiger partial charge on any atom is -0.394 e. The zero-order chi connectivity index (χ0) is 15.5. The van der Waals surface area contributed by atoms with Crippen molar-refractivity contribution in [3.8, 4) is 0 Å². The van der Waals surface area contributed by atoms with E-state index in [-0.39, 0.29) is 6.54 Å². The normalized spacial score (nSPS) is 11.7. The van der Waals surface area contributed by atoms with Gasteiger partial charge in [-0.1, -0.05) is 6.92 Å². The third-order valence-electron chi connectivity index (χ3n) is 2.66. The lowest BCUT2D eigenvalue weighted by Crippen LogP contribution is -2.39. The van der Waals surface area contributed by atoms with Crippen LogP contribution in [0.15, 0.2) is 17.0 Å². The number of amides is 1. The highest BCUT2D eigenvalue weighted by atomic mass is 32.2. The second kappa shape index (κ2) is 6.14. The Labute approximate surface area is 115 Å². The molecular formula is C11H15F2N3O3S. The van der Waals surface area contributed by atoms with Crippen LogP contribution in [0.5, 0.6) is 0 Å². The van der Waals surface area contributed by atoms with E-state index >= 15 is 0 Å². The Kier molecular flexibility index (Phi) is 5.01. The SMILES string of the molecule is CCN(CC(=O)NC)S(=O)(=O)c1ccc(F)c(N)c1F. The lowest BCUT2D eigenvalue weighted by atomic mass is 10.3. The fraction of sp³-hybridized carbons (Fsp3) is 0.364. The maximum Gasteiger partial charge on any atom is 0.246 e. The number of nitrogens with zero attached hydrogens (tertiary/aromatic N) is 1. The summed E-state index contributed by atoms with van der Waals surface area (Å²) < 4.78 is 52.1. The van der Waals surface area contributed by atoms with Crippen molar-refractivity contribution in [1.29, 1.82) is 0 Å². The highest BCUT2D eigenvalue weighted by molar-refractivity contribution is 7.89. The lowest BCUT2D eigenvalue weighted by molar-refractivity contribution is -0.120. The monoisotopic (exact) mass is 307 g/mol. The Morgan fingerprint density at radius 2 is 2.00 bits per heavy atom. The molecule has 1 aromatic carbocycles. The molecular weight excluding hydrogens is 292 g/mol. The summed E-state index contributed by atoms with van der Waals surface area (Å²) in [6, 6.07) is 1.54. The molecule has 1 aromatic rings. The minimum atomic E-state index is -4.28. The third-order valence-corrected chi connectivity index (χ3v) is 4.60. The van der Waals surface area contributed by atoms with E-state index < -0.39 is 44.7 Å². The zero-order valence-corrected chi connectivity index (χ0v) is 11.8. The Hall–Kier alpha value is -1.74. The molecule has 20 heavy (non-hydrogen) atoms.